The van der Waals surface area contributed by atoms with E-state index in [4.69, 9.17) is 15.2 Å². The van der Waals surface area contributed by atoms with E-state index in [0.29, 0.717) is 32.3 Å². The molecule has 3 N–H and O–H groups in total. The molecule has 1 aromatic carbocycles. The smallest absolute Gasteiger partial charge is 0.407 e. The van der Waals surface area contributed by atoms with Crippen LogP contribution >= 0.6 is 0 Å². The fourth-order valence-corrected chi connectivity index (χ4v) is 2.80. The van der Waals surface area contributed by atoms with Gasteiger partial charge >= 0.3 is 12.1 Å². The molecule has 2 amide bonds. The molecule has 0 heterocycles. The summed E-state index contributed by atoms with van der Waals surface area (Å²) < 4.78 is 15.8. The molecule has 1 rings (SSSR count). The molecule has 0 aromatic heterocycles. The summed E-state index contributed by atoms with van der Waals surface area (Å²) in [4.78, 5) is 34.5. The number of nitrogens with two attached hydrogens (primary N) is 1. The zero-order valence-corrected chi connectivity index (χ0v) is 20.2. The van der Waals surface area contributed by atoms with Gasteiger partial charge in [0.25, 0.3) is 0 Å². The summed E-state index contributed by atoms with van der Waals surface area (Å²) in [6.07, 6.45) is 1.18. The number of carbonyl (C=O) groups excluding carboxylic acids is 3. The molecular weight excluding hydrogens is 424 g/mol. The van der Waals surface area contributed by atoms with Gasteiger partial charge < -0.3 is 25.3 Å². The summed E-state index contributed by atoms with van der Waals surface area (Å²) in [7, 11) is 1.37. The number of nitrogens with one attached hydrogen (secondary N) is 1. The van der Waals surface area contributed by atoms with Crippen molar-refractivity contribution in [2.45, 2.75) is 84.2 Å². The van der Waals surface area contributed by atoms with Crippen molar-refractivity contribution in [3.63, 3.8) is 0 Å². The number of hydrogen-bond acceptors (Lipinski definition) is 6. The lowest BCUT2D eigenvalue weighted by Gasteiger charge is -2.27. The quantitative estimate of drug-likeness (QED) is 0.297. The first-order valence-corrected chi connectivity index (χ1v) is 11.0. The van der Waals surface area contributed by atoms with Crippen LogP contribution in [0, 0.1) is 11.8 Å². The predicted molar refractivity (Wildman–Crippen MR) is 125 cm³/mol. The Hall–Kier alpha value is -3.05. The van der Waals surface area contributed by atoms with Crippen molar-refractivity contribution in [1.82, 2.24) is 5.32 Å². The third kappa shape index (κ3) is 13.2. The topological polar surface area (TPSA) is 117 Å². The van der Waals surface area contributed by atoms with Gasteiger partial charge in [-0.2, -0.15) is 0 Å². The molecule has 0 saturated heterocycles. The second kappa shape index (κ2) is 14.2. The highest BCUT2D eigenvalue weighted by Crippen LogP contribution is 2.13. The Balaban J connectivity index is 2.59. The number of ether oxygens (including phenoxy) is 3. The molecule has 0 spiro atoms. The van der Waals surface area contributed by atoms with Crippen molar-refractivity contribution in [2.24, 2.45) is 5.73 Å². The van der Waals surface area contributed by atoms with Gasteiger partial charge in [0.1, 0.15) is 5.60 Å². The molecule has 0 aliphatic heterocycles. The minimum atomic E-state index is -0.631. The Labute approximate surface area is 196 Å². The lowest BCUT2D eigenvalue weighted by Crippen LogP contribution is -2.45. The van der Waals surface area contributed by atoms with E-state index >= 15 is 0 Å². The second-order valence-electron chi connectivity index (χ2n) is 8.70. The number of benzene rings is 1. The van der Waals surface area contributed by atoms with Crippen LogP contribution in [0.3, 0.4) is 0 Å². The van der Waals surface area contributed by atoms with E-state index in [1.165, 1.54) is 7.11 Å². The Kier molecular flexibility index (Phi) is 12.0. The number of primary amides is 1. The maximum Gasteiger partial charge on any atom is 0.407 e. The fourth-order valence-electron chi connectivity index (χ4n) is 2.80. The summed E-state index contributed by atoms with van der Waals surface area (Å²) >= 11 is 0. The average molecular weight is 461 g/mol. The van der Waals surface area contributed by atoms with Crippen LogP contribution in [0.15, 0.2) is 24.3 Å². The standard InChI is InChI=1S/C25H36N2O6/c1-18(21(15-16-22(26)28)27-24(30)33-25(2,3)4)32-17-20-13-11-19(12-14-20)9-7-6-8-10-23(29)31-5/h11-14,18,21H,6,8,10,15-17H2,1-5H3,(H2,26,28)(H,27,30)/t18-,21+/m1/s1. The van der Waals surface area contributed by atoms with Crippen LogP contribution in [-0.2, 0) is 30.4 Å². The van der Waals surface area contributed by atoms with Gasteiger partial charge in [0.05, 0.1) is 25.9 Å². The number of methoxy groups -OCH3 is 1. The van der Waals surface area contributed by atoms with Crippen LogP contribution in [0.1, 0.15) is 70.9 Å². The van der Waals surface area contributed by atoms with Gasteiger partial charge in [-0.05, 0) is 58.2 Å². The maximum absolute atomic E-state index is 12.2. The third-order valence-corrected chi connectivity index (χ3v) is 4.58. The molecule has 0 saturated carbocycles. The van der Waals surface area contributed by atoms with Crippen molar-refractivity contribution in [1.29, 1.82) is 0 Å². The Morgan fingerprint density at radius 2 is 1.79 bits per heavy atom. The second-order valence-corrected chi connectivity index (χ2v) is 8.70. The van der Waals surface area contributed by atoms with E-state index in [-0.39, 0.29) is 18.5 Å². The summed E-state index contributed by atoms with van der Waals surface area (Å²) in [6, 6.07) is 7.22. The van der Waals surface area contributed by atoms with E-state index in [9.17, 15) is 14.4 Å². The molecule has 8 heteroatoms. The van der Waals surface area contributed by atoms with Crippen molar-refractivity contribution >= 4 is 18.0 Å². The van der Waals surface area contributed by atoms with Crippen molar-refractivity contribution < 1.29 is 28.6 Å². The van der Waals surface area contributed by atoms with E-state index in [1.807, 2.05) is 31.2 Å². The third-order valence-electron chi connectivity index (χ3n) is 4.58. The Morgan fingerprint density at radius 1 is 1.12 bits per heavy atom. The average Bonchev–Trinajstić information content (AvgIpc) is 2.73. The number of unbranched alkanes of at least 4 members (excludes halogenated alkanes) is 1. The highest BCUT2D eigenvalue weighted by molar-refractivity contribution is 5.74. The molecule has 8 nitrogen and oxygen atoms in total. The zero-order valence-electron chi connectivity index (χ0n) is 20.2. The van der Waals surface area contributed by atoms with Crippen LogP contribution < -0.4 is 11.1 Å². The lowest BCUT2D eigenvalue weighted by atomic mass is 10.1. The molecule has 0 aliphatic rings. The number of hydrogen-bond donors (Lipinski definition) is 2. The van der Waals surface area contributed by atoms with Gasteiger partial charge in [0, 0.05) is 24.8 Å². The molecule has 1 aromatic rings. The molecule has 33 heavy (non-hydrogen) atoms. The first-order chi connectivity index (χ1) is 15.5. The molecule has 2 atom stereocenters. The number of amides is 2. The summed E-state index contributed by atoms with van der Waals surface area (Å²) in [5.74, 6) is 5.44. The van der Waals surface area contributed by atoms with Crippen molar-refractivity contribution in [3.05, 3.63) is 35.4 Å². The lowest BCUT2D eigenvalue weighted by molar-refractivity contribution is -0.140. The molecule has 0 unspecified atom stereocenters. The predicted octanol–water partition coefficient (Wildman–Crippen LogP) is 3.45. The Bertz CT molecular complexity index is 833. The minimum Gasteiger partial charge on any atom is -0.469 e. The van der Waals surface area contributed by atoms with Crippen LogP contribution in [0.25, 0.3) is 0 Å². The summed E-state index contributed by atoms with van der Waals surface area (Å²) in [5, 5.41) is 2.78. The van der Waals surface area contributed by atoms with E-state index in [1.54, 1.807) is 20.8 Å². The SMILES string of the molecule is COC(=O)CCCC#Cc1ccc(CO[C@H](C)[C@H](CCC(N)=O)NC(=O)OC(C)(C)C)cc1. The summed E-state index contributed by atoms with van der Waals surface area (Å²) in [5.41, 5.74) is 6.46. The van der Waals surface area contributed by atoms with E-state index in [0.717, 1.165) is 11.1 Å². The van der Waals surface area contributed by atoms with Crippen LogP contribution in [0.5, 0.6) is 0 Å². The van der Waals surface area contributed by atoms with E-state index < -0.39 is 23.6 Å². The molecule has 0 fully saturated rings. The molecule has 0 aliphatic carbocycles. The largest absolute Gasteiger partial charge is 0.469 e. The zero-order chi connectivity index (χ0) is 24.9. The molecule has 0 bridgehead atoms. The highest BCUT2D eigenvalue weighted by atomic mass is 16.6. The van der Waals surface area contributed by atoms with Gasteiger partial charge in [-0.1, -0.05) is 24.0 Å². The fraction of sp³-hybridized carbons (Fsp3) is 0.560. The van der Waals surface area contributed by atoms with Gasteiger partial charge in [-0.25, -0.2) is 4.79 Å². The van der Waals surface area contributed by atoms with Gasteiger partial charge in [0.15, 0.2) is 0 Å². The van der Waals surface area contributed by atoms with Gasteiger partial charge in [0.2, 0.25) is 5.91 Å². The number of rotatable bonds is 11. The van der Waals surface area contributed by atoms with Crippen molar-refractivity contribution in [3.8, 4) is 11.8 Å². The Morgan fingerprint density at radius 3 is 2.36 bits per heavy atom. The highest BCUT2D eigenvalue weighted by Gasteiger charge is 2.24. The van der Waals surface area contributed by atoms with Crippen LogP contribution in [0.4, 0.5) is 4.79 Å². The number of carbonyl (C=O) groups is 3. The molecule has 182 valence electrons. The number of alkyl carbamates (subject to hydrolysis) is 1. The van der Waals surface area contributed by atoms with Gasteiger partial charge in [-0.3, -0.25) is 9.59 Å². The first-order valence-electron chi connectivity index (χ1n) is 11.0. The van der Waals surface area contributed by atoms with Crippen LogP contribution in [-0.4, -0.2) is 42.8 Å². The monoisotopic (exact) mass is 460 g/mol. The molecular formula is C25H36N2O6. The normalized spacial score (nSPS) is 12.6. The minimum absolute atomic E-state index is 0.126. The maximum atomic E-state index is 12.2. The van der Waals surface area contributed by atoms with Crippen LogP contribution in [0.2, 0.25) is 0 Å². The van der Waals surface area contributed by atoms with Gasteiger partial charge in [-0.15, -0.1) is 0 Å². The van der Waals surface area contributed by atoms with E-state index in [2.05, 4.69) is 21.9 Å². The molecule has 0 radical (unpaired) electrons. The van der Waals surface area contributed by atoms with Crippen molar-refractivity contribution in [2.75, 3.05) is 7.11 Å². The first kappa shape index (κ1) is 28.0. The number of esters is 1. The summed E-state index contributed by atoms with van der Waals surface area (Å²) in [6.45, 7) is 7.50.